The van der Waals surface area contributed by atoms with Gasteiger partial charge in [0.25, 0.3) is 0 Å². The Morgan fingerprint density at radius 3 is 2.57 bits per heavy atom. The smallest absolute Gasteiger partial charge is 0.226 e. The molecular weight excluding hydrogens is 200 g/mol. The van der Waals surface area contributed by atoms with Crippen molar-refractivity contribution in [2.45, 2.75) is 32.7 Å². The molecule has 0 aromatic rings. The number of carbonyl (C=O) groups is 1. The molecule has 1 aliphatic heterocycles. The molecule has 0 bridgehead atoms. The minimum atomic E-state index is 0. The highest BCUT2D eigenvalue weighted by Crippen LogP contribution is 2.13. The van der Waals surface area contributed by atoms with E-state index in [1.54, 1.807) is 0 Å². The van der Waals surface area contributed by atoms with Crippen LogP contribution in [0.4, 0.5) is 0 Å². The van der Waals surface area contributed by atoms with Crippen LogP contribution >= 0.6 is 12.4 Å². The Hall–Kier alpha value is -0.280. The number of hydrogen-bond donors (Lipinski definition) is 1. The molecule has 0 spiro atoms. The van der Waals surface area contributed by atoms with Gasteiger partial charge in [0.2, 0.25) is 5.91 Å². The molecule has 0 radical (unpaired) electrons. The third-order valence-corrected chi connectivity index (χ3v) is 2.77. The second kappa shape index (κ2) is 6.25. The second-order valence-corrected chi connectivity index (χ2v) is 4.09. The summed E-state index contributed by atoms with van der Waals surface area (Å²) in [4.78, 5) is 13.7. The Bertz CT molecular complexity index is 179. The van der Waals surface area contributed by atoms with E-state index < -0.39 is 0 Å². The van der Waals surface area contributed by atoms with E-state index in [1.807, 2.05) is 25.8 Å². The van der Waals surface area contributed by atoms with Crippen LogP contribution in [0.2, 0.25) is 0 Å². The van der Waals surface area contributed by atoms with Crippen molar-refractivity contribution in [1.29, 1.82) is 0 Å². The van der Waals surface area contributed by atoms with E-state index in [0.717, 1.165) is 25.9 Å². The molecule has 3 nitrogen and oxygen atoms in total. The molecule has 1 unspecified atom stereocenters. The first-order valence-corrected chi connectivity index (χ1v) is 5.10. The van der Waals surface area contributed by atoms with Gasteiger partial charge >= 0.3 is 0 Å². The van der Waals surface area contributed by atoms with E-state index in [2.05, 4.69) is 5.32 Å². The Balaban J connectivity index is 0.00000169. The number of hydrogen-bond acceptors (Lipinski definition) is 2. The van der Waals surface area contributed by atoms with Gasteiger partial charge in [0.1, 0.15) is 0 Å². The van der Waals surface area contributed by atoms with Crippen molar-refractivity contribution >= 4 is 18.3 Å². The van der Waals surface area contributed by atoms with Crippen LogP contribution in [0.25, 0.3) is 0 Å². The van der Waals surface area contributed by atoms with Crippen molar-refractivity contribution in [1.82, 2.24) is 10.2 Å². The van der Waals surface area contributed by atoms with Crippen LogP contribution in [0.5, 0.6) is 0 Å². The Labute approximate surface area is 92.6 Å². The van der Waals surface area contributed by atoms with Gasteiger partial charge in [0.05, 0.1) is 5.92 Å². The zero-order chi connectivity index (χ0) is 9.84. The first-order chi connectivity index (χ1) is 6.13. The fraction of sp³-hybridized carbons (Fsp3) is 0.900. The van der Waals surface area contributed by atoms with Gasteiger partial charge in [0, 0.05) is 19.6 Å². The molecule has 1 heterocycles. The highest BCUT2D eigenvalue weighted by Gasteiger charge is 2.24. The summed E-state index contributed by atoms with van der Waals surface area (Å²) in [5, 5.41) is 3.26. The standard InChI is InChI=1S/C10H20N2O.ClH/c1-8(2)12(3)10(13)9-5-4-6-11-7-9;/h8-9,11H,4-7H2,1-3H3;1H. The lowest BCUT2D eigenvalue weighted by atomic mass is 9.98. The lowest BCUT2D eigenvalue weighted by molar-refractivity contribution is -0.136. The summed E-state index contributed by atoms with van der Waals surface area (Å²) in [7, 11) is 1.89. The van der Waals surface area contributed by atoms with Crippen LogP contribution in [-0.2, 0) is 4.79 Å². The molecule has 84 valence electrons. The molecule has 0 aromatic carbocycles. The Morgan fingerprint density at radius 2 is 2.14 bits per heavy atom. The maximum absolute atomic E-state index is 11.8. The third-order valence-electron chi connectivity index (χ3n) is 2.77. The van der Waals surface area contributed by atoms with E-state index in [9.17, 15) is 4.79 Å². The van der Waals surface area contributed by atoms with E-state index in [0.29, 0.717) is 11.9 Å². The van der Waals surface area contributed by atoms with Crippen molar-refractivity contribution in [2.75, 3.05) is 20.1 Å². The Kier molecular flexibility index (Phi) is 6.12. The predicted molar refractivity (Wildman–Crippen MR) is 60.7 cm³/mol. The normalized spacial score (nSPS) is 21.6. The minimum absolute atomic E-state index is 0. The lowest BCUT2D eigenvalue weighted by Gasteiger charge is -2.29. The largest absolute Gasteiger partial charge is 0.343 e. The molecule has 14 heavy (non-hydrogen) atoms. The van der Waals surface area contributed by atoms with Gasteiger partial charge in [-0.3, -0.25) is 4.79 Å². The number of piperidine rings is 1. The summed E-state index contributed by atoms with van der Waals surface area (Å²) in [6.45, 7) is 6.02. The first-order valence-electron chi connectivity index (χ1n) is 5.10. The number of rotatable bonds is 2. The molecular formula is C10H21ClN2O. The van der Waals surface area contributed by atoms with Crippen LogP contribution < -0.4 is 5.32 Å². The first kappa shape index (κ1) is 13.7. The molecule has 1 fully saturated rings. The van der Waals surface area contributed by atoms with Gasteiger partial charge in [-0.1, -0.05) is 0 Å². The summed E-state index contributed by atoms with van der Waals surface area (Å²) in [6, 6.07) is 0.314. The Morgan fingerprint density at radius 1 is 1.50 bits per heavy atom. The molecule has 1 amide bonds. The number of amides is 1. The molecule has 1 aliphatic rings. The fourth-order valence-electron chi connectivity index (χ4n) is 1.61. The van der Waals surface area contributed by atoms with Crippen LogP contribution in [-0.4, -0.2) is 37.0 Å². The number of halogens is 1. The fourth-order valence-corrected chi connectivity index (χ4v) is 1.61. The van der Waals surface area contributed by atoms with Crippen molar-refractivity contribution in [3.63, 3.8) is 0 Å². The van der Waals surface area contributed by atoms with Gasteiger partial charge in [-0.05, 0) is 33.2 Å². The quantitative estimate of drug-likeness (QED) is 0.761. The van der Waals surface area contributed by atoms with Crippen LogP contribution in [0.1, 0.15) is 26.7 Å². The summed E-state index contributed by atoms with van der Waals surface area (Å²) in [5.41, 5.74) is 0. The highest BCUT2D eigenvalue weighted by molar-refractivity contribution is 5.85. The molecule has 0 aliphatic carbocycles. The van der Waals surface area contributed by atoms with Crippen molar-refractivity contribution in [3.05, 3.63) is 0 Å². The summed E-state index contributed by atoms with van der Waals surface area (Å²) in [6.07, 6.45) is 2.17. The zero-order valence-electron chi connectivity index (χ0n) is 9.25. The van der Waals surface area contributed by atoms with Crippen molar-refractivity contribution in [3.8, 4) is 0 Å². The predicted octanol–water partition coefficient (Wildman–Crippen LogP) is 1.27. The molecule has 1 atom stereocenters. The topological polar surface area (TPSA) is 32.3 Å². The number of carbonyl (C=O) groups excluding carboxylic acids is 1. The minimum Gasteiger partial charge on any atom is -0.343 e. The van der Waals surface area contributed by atoms with Crippen LogP contribution in [0, 0.1) is 5.92 Å². The van der Waals surface area contributed by atoms with Gasteiger partial charge in [-0.2, -0.15) is 0 Å². The molecule has 1 N–H and O–H groups in total. The lowest BCUT2D eigenvalue weighted by Crippen LogP contribution is -2.43. The maximum Gasteiger partial charge on any atom is 0.226 e. The summed E-state index contributed by atoms with van der Waals surface area (Å²) in [5.74, 6) is 0.503. The highest BCUT2D eigenvalue weighted by atomic mass is 35.5. The zero-order valence-corrected chi connectivity index (χ0v) is 10.1. The molecule has 0 aromatic heterocycles. The van der Waals surface area contributed by atoms with Crippen LogP contribution in [0.15, 0.2) is 0 Å². The average Bonchev–Trinajstić information content (AvgIpc) is 2.17. The van der Waals surface area contributed by atoms with E-state index in [-0.39, 0.29) is 18.3 Å². The number of nitrogens with zero attached hydrogens (tertiary/aromatic N) is 1. The molecule has 0 saturated carbocycles. The second-order valence-electron chi connectivity index (χ2n) is 4.09. The maximum atomic E-state index is 11.8. The van der Waals surface area contributed by atoms with Gasteiger partial charge < -0.3 is 10.2 Å². The molecule has 1 saturated heterocycles. The monoisotopic (exact) mass is 220 g/mol. The van der Waals surface area contributed by atoms with E-state index in [1.165, 1.54) is 0 Å². The third kappa shape index (κ3) is 3.46. The van der Waals surface area contributed by atoms with Crippen LogP contribution in [0.3, 0.4) is 0 Å². The van der Waals surface area contributed by atoms with Gasteiger partial charge in [-0.25, -0.2) is 0 Å². The average molecular weight is 221 g/mol. The van der Waals surface area contributed by atoms with E-state index >= 15 is 0 Å². The molecule has 1 rings (SSSR count). The SMILES string of the molecule is CC(C)N(C)C(=O)C1CCCNC1.Cl. The molecule has 4 heteroatoms. The van der Waals surface area contributed by atoms with Gasteiger partial charge in [-0.15, -0.1) is 12.4 Å². The summed E-state index contributed by atoms with van der Waals surface area (Å²) < 4.78 is 0. The number of nitrogens with one attached hydrogen (secondary N) is 1. The van der Waals surface area contributed by atoms with E-state index in [4.69, 9.17) is 0 Å². The van der Waals surface area contributed by atoms with Gasteiger partial charge in [0.15, 0.2) is 0 Å². The van der Waals surface area contributed by atoms with Crippen molar-refractivity contribution in [2.24, 2.45) is 5.92 Å². The summed E-state index contributed by atoms with van der Waals surface area (Å²) >= 11 is 0. The van der Waals surface area contributed by atoms with Crippen molar-refractivity contribution < 1.29 is 4.79 Å².